The third-order valence-corrected chi connectivity index (χ3v) is 6.12. The maximum atomic E-state index is 12.0. The van der Waals surface area contributed by atoms with E-state index in [0.717, 1.165) is 62.0 Å². The summed E-state index contributed by atoms with van der Waals surface area (Å²) in [6.07, 6.45) is 7.74. The van der Waals surface area contributed by atoms with E-state index in [-0.39, 0.29) is 6.17 Å². The predicted octanol–water partition coefficient (Wildman–Crippen LogP) is 2.98. The summed E-state index contributed by atoms with van der Waals surface area (Å²) in [5.41, 5.74) is 2.55. The third kappa shape index (κ3) is 4.96. The molecule has 0 aromatic carbocycles. The smallest absolute Gasteiger partial charge is 0.338 e. The van der Waals surface area contributed by atoms with E-state index < -0.39 is 5.97 Å². The van der Waals surface area contributed by atoms with Crippen molar-refractivity contribution in [3.63, 3.8) is 0 Å². The number of carboxylic acid groups (broad SMARTS) is 1. The summed E-state index contributed by atoms with van der Waals surface area (Å²) in [6.45, 7) is 7.97. The van der Waals surface area contributed by atoms with Gasteiger partial charge in [-0.3, -0.25) is 9.88 Å². The molecule has 3 heterocycles. The van der Waals surface area contributed by atoms with Crippen LogP contribution in [0.25, 0.3) is 0 Å². The molecule has 1 saturated heterocycles. The van der Waals surface area contributed by atoms with Crippen LogP contribution in [0, 0.1) is 0 Å². The first-order valence-electron chi connectivity index (χ1n) is 9.88. The topological polar surface area (TPSA) is 65.9 Å². The number of aliphatic carboxylic acids is 1. The minimum atomic E-state index is -0.843. The molecular formula is C21H29N3O3S. The number of pyridine rings is 1. The molecule has 0 aliphatic carbocycles. The predicted molar refractivity (Wildman–Crippen MR) is 112 cm³/mol. The lowest BCUT2D eigenvalue weighted by atomic mass is 10.0. The summed E-state index contributed by atoms with van der Waals surface area (Å²) in [6, 6.07) is 4.08. The minimum Gasteiger partial charge on any atom is -0.478 e. The molecule has 2 aliphatic heterocycles. The Morgan fingerprint density at radius 2 is 2.04 bits per heavy atom. The number of nitrogens with zero attached hydrogens (tertiary/aromatic N) is 3. The van der Waals surface area contributed by atoms with Gasteiger partial charge < -0.3 is 14.7 Å². The second kappa shape index (κ2) is 10.1. The van der Waals surface area contributed by atoms with Gasteiger partial charge in [-0.2, -0.15) is 0 Å². The number of ether oxygens (including phenoxy) is 1. The molecule has 3 rings (SSSR count). The number of rotatable bonds is 8. The van der Waals surface area contributed by atoms with Gasteiger partial charge in [0.1, 0.15) is 6.17 Å². The van der Waals surface area contributed by atoms with Crippen LogP contribution in [0.4, 0.5) is 0 Å². The second-order valence-electron chi connectivity index (χ2n) is 6.98. The zero-order chi connectivity index (χ0) is 19.9. The van der Waals surface area contributed by atoms with E-state index in [1.807, 2.05) is 31.5 Å². The second-order valence-corrected chi connectivity index (χ2v) is 8.24. The Kier molecular flexibility index (Phi) is 7.53. The molecule has 0 bridgehead atoms. The number of hydrogen-bond donors (Lipinski definition) is 1. The molecule has 28 heavy (non-hydrogen) atoms. The molecule has 1 N–H and O–H groups in total. The van der Waals surface area contributed by atoms with Crippen LogP contribution in [-0.2, 0) is 16.0 Å². The van der Waals surface area contributed by atoms with Crippen molar-refractivity contribution in [3.8, 4) is 0 Å². The first kappa shape index (κ1) is 20.9. The largest absolute Gasteiger partial charge is 0.478 e. The first-order valence-corrected chi connectivity index (χ1v) is 10.9. The first-order chi connectivity index (χ1) is 13.6. The quantitative estimate of drug-likeness (QED) is 0.716. The normalized spacial score (nSPS) is 21.0. The molecule has 2 aliphatic rings. The van der Waals surface area contributed by atoms with E-state index in [0.29, 0.717) is 5.57 Å². The summed E-state index contributed by atoms with van der Waals surface area (Å²) in [7, 11) is 0. The number of aryl methyl sites for hydroxylation is 1. The molecule has 0 amide bonds. The summed E-state index contributed by atoms with van der Waals surface area (Å²) in [5, 5.41) is 10.7. The Labute approximate surface area is 171 Å². The fourth-order valence-corrected chi connectivity index (χ4v) is 4.79. The fraction of sp³-hybridized carbons (Fsp3) is 0.524. The highest BCUT2D eigenvalue weighted by Gasteiger charge is 2.34. The van der Waals surface area contributed by atoms with Gasteiger partial charge in [0, 0.05) is 32.0 Å². The molecule has 152 valence electrons. The van der Waals surface area contributed by atoms with Crippen molar-refractivity contribution in [1.29, 1.82) is 0 Å². The monoisotopic (exact) mass is 403 g/mol. The zero-order valence-electron chi connectivity index (χ0n) is 16.6. The van der Waals surface area contributed by atoms with E-state index in [4.69, 9.17) is 4.74 Å². The standard InChI is InChI=1S/C21H29N3O3S/c1-3-28-20-19(21(25)26)16(2)15-18(23-11-13-27-14-12-23)24(20)10-4-5-17-6-8-22-9-7-17/h6-9,15,18H,3-5,10-14H2,1-2H3,(H,25,26). The number of carbonyl (C=O) groups is 1. The molecule has 1 aromatic heterocycles. The highest BCUT2D eigenvalue weighted by Crippen LogP contribution is 2.36. The van der Waals surface area contributed by atoms with Crippen LogP contribution in [0.5, 0.6) is 0 Å². The van der Waals surface area contributed by atoms with E-state index in [2.05, 4.69) is 27.8 Å². The summed E-state index contributed by atoms with van der Waals surface area (Å²) in [5.74, 6) is 0.0000559. The molecule has 6 nitrogen and oxygen atoms in total. The van der Waals surface area contributed by atoms with Crippen molar-refractivity contribution < 1.29 is 14.6 Å². The SMILES string of the molecule is CCSC1=C(C(=O)O)C(C)=CC(N2CCOCC2)N1CCCc1ccncc1. The van der Waals surface area contributed by atoms with Crippen LogP contribution in [0.15, 0.2) is 46.8 Å². The van der Waals surface area contributed by atoms with Gasteiger partial charge in [0.05, 0.1) is 23.8 Å². The van der Waals surface area contributed by atoms with Gasteiger partial charge in [0.15, 0.2) is 0 Å². The van der Waals surface area contributed by atoms with Crippen LogP contribution in [0.1, 0.15) is 25.8 Å². The van der Waals surface area contributed by atoms with Gasteiger partial charge >= 0.3 is 5.97 Å². The van der Waals surface area contributed by atoms with Gasteiger partial charge in [0.25, 0.3) is 0 Å². The Morgan fingerprint density at radius 3 is 2.68 bits per heavy atom. The lowest BCUT2D eigenvalue weighted by molar-refractivity contribution is -0.132. The van der Waals surface area contributed by atoms with Crippen molar-refractivity contribution in [1.82, 2.24) is 14.8 Å². The van der Waals surface area contributed by atoms with Crippen molar-refractivity contribution >= 4 is 17.7 Å². The van der Waals surface area contributed by atoms with Gasteiger partial charge in [0.2, 0.25) is 0 Å². The molecule has 0 spiro atoms. The molecule has 1 atom stereocenters. The molecule has 1 unspecified atom stereocenters. The number of morpholine rings is 1. The van der Waals surface area contributed by atoms with Crippen molar-refractivity contribution in [2.45, 2.75) is 32.9 Å². The van der Waals surface area contributed by atoms with E-state index in [1.165, 1.54) is 5.56 Å². The summed E-state index contributed by atoms with van der Waals surface area (Å²) in [4.78, 5) is 20.8. The molecular weight excluding hydrogens is 374 g/mol. The van der Waals surface area contributed by atoms with Crippen LogP contribution in [0.2, 0.25) is 0 Å². The molecule has 0 radical (unpaired) electrons. The molecule has 1 fully saturated rings. The van der Waals surface area contributed by atoms with E-state index in [9.17, 15) is 9.90 Å². The summed E-state index contributed by atoms with van der Waals surface area (Å²) >= 11 is 1.63. The Bertz CT molecular complexity index is 730. The maximum Gasteiger partial charge on any atom is 0.338 e. The molecule has 7 heteroatoms. The Balaban J connectivity index is 1.84. The Hall–Kier alpha value is -1.83. The lowest BCUT2D eigenvalue weighted by Gasteiger charge is -2.44. The van der Waals surface area contributed by atoms with E-state index >= 15 is 0 Å². The van der Waals surface area contributed by atoms with Gasteiger partial charge in [-0.25, -0.2) is 4.79 Å². The number of thioether (sulfide) groups is 1. The highest BCUT2D eigenvalue weighted by molar-refractivity contribution is 8.03. The minimum absolute atomic E-state index is 0.0819. The van der Waals surface area contributed by atoms with Crippen LogP contribution in [-0.4, -0.2) is 70.6 Å². The van der Waals surface area contributed by atoms with Gasteiger partial charge in [-0.05, 0) is 54.9 Å². The van der Waals surface area contributed by atoms with Crippen LogP contribution < -0.4 is 0 Å². The maximum absolute atomic E-state index is 12.0. The Morgan fingerprint density at radius 1 is 1.32 bits per heavy atom. The third-order valence-electron chi connectivity index (χ3n) is 5.12. The van der Waals surface area contributed by atoms with Crippen molar-refractivity contribution in [3.05, 3.63) is 52.3 Å². The summed E-state index contributed by atoms with van der Waals surface area (Å²) < 4.78 is 5.53. The fourth-order valence-electron chi connectivity index (χ4n) is 3.76. The van der Waals surface area contributed by atoms with Crippen molar-refractivity contribution in [2.24, 2.45) is 0 Å². The number of carboxylic acids is 1. The number of aromatic nitrogens is 1. The molecule has 1 aromatic rings. The van der Waals surface area contributed by atoms with Gasteiger partial charge in [-0.15, -0.1) is 11.8 Å². The average Bonchev–Trinajstić information content (AvgIpc) is 2.70. The van der Waals surface area contributed by atoms with Gasteiger partial charge in [-0.1, -0.05) is 6.92 Å². The zero-order valence-corrected chi connectivity index (χ0v) is 17.5. The van der Waals surface area contributed by atoms with Crippen LogP contribution in [0.3, 0.4) is 0 Å². The van der Waals surface area contributed by atoms with Crippen LogP contribution >= 0.6 is 11.8 Å². The molecule has 0 saturated carbocycles. The lowest BCUT2D eigenvalue weighted by Crippen LogP contribution is -2.52. The number of hydrogen-bond acceptors (Lipinski definition) is 6. The van der Waals surface area contributed by atoms with E-state index in [1.54, 1.807) is 11.8 Å². The van der Waals surface area contributed by atoms with Crippen molar-refractivity contribution in [2.75, 3.05) is 38.6 Å². The highest BCUT2D eigenvalue weighted by atomic mass is 32.2. The average molecular weight is 404 g/mol.